The number of piperidine rings is 1. The van der Waals surface area contributed by atoms with E-state index >= 15 is 0 Å². The molecule has 2 aromatic carbocycles. The number of carbonyl (C=O) groups excluding carboxylic acids is 1. The van der Waals surface area contributed by atoms with Crippen molar-refractivity contribution >= 4 is 17.2 Å². The van der Waals surface area contributed by atoms with E-state index in [1.807, 2.05) is 18.2 Å². The highest BCUT2D eigenvalue weighted by Gasteiger charge is 2.19. The van der Waals surface area contributed by atoms with E-state index in [-0.39, 0.29) is 5.56 Å². The topological polar surface area (TPSA) is 63.6 Å². The molecule has 1 aliphatic rings. The molecule has 33 heavy (non-hydrogen) atoms. The van der Waals surface area contributed by atoms with E-state index in [4.69, 9.17) is 4.74 Å². The Morgan fingerprint density at radius 2 is 1.76 bits per heavy atom. The molecule has 1 saturated heterocycles. The largest absolute Gasteiger partial charge is 0.497 e. The van der Waals surface area contributed by atoms with Gasteiger partial charge >= 0.3 is 0 Å². The molecule has 0 bridgehead atoms. The molecule has 1 N–H and O–H groups in total. The summed E-state index contributed by atoms with van der Waals surface area (Å²) in [7, 11) is 1.60. The molecule has 1 aromatic heterocycles. The van der Waals surface area contributed by atoms with Gasteiger partial charge < -0.3 is 19.5 Å². The van der Waals surface area contributed by atoms with Gasteiger partial charge in [-0.2, -0.15) is 0 Å². The molecule has 6 heteroatoms. The number of pyridine rings is 1. The summed E-state index contributed by atoms with van der Waals surface area (Å²) in [6.07, 6.45) is 4.01. The van der Waals surface area contributed by atoms with Crippen LogP contribution in [0.1, 0.15) is 41.3 Å². The highest BCUT2D eigenvalue weighted by atomic mass is 16.5. The van der Waals surface area contributed by atoms with Gasteiger partial charge in [0.15, 0.2) is 6.29 Å². The van der Waals surface area contributed by atoms with Gasteiger partial charge in [-0.15, -0.1) is 0 Å². The summed E-state index contributed by atoms with van der Waals surface area (Å²) in [4.78, 5) is 26.6. The minimum Gasteiger partial charge on any atom is -0.497 e. The summed E-state index contributed by atoms with van der Waals surface area (Å²) in [6, 6.07) is 16.3. The summed E-state index contributed by atoms with van der Waals surface area (Å²) >= 11 is 0. The summed E-state index contributed by atoms with van der Waals surface area (Å²) in [5.41, 5.74) is 3.72. The second-order valence-corrected chi connectivity index (χ2v) is 8.76. The van der Waals surface area contributed by atoms with Crippen molar-refractivity contribution in [2.45, 2.75) is 45.3 Å². The van der Waals surface area contributed by atoms with Crippen LogP contribution in [0, 0.1) is 0 Å². The van der Waals surface area contributed by atoms with Crippen LogP contribution in [-0.2, 0) is 19.5 Å². The van der Waals surface area contributed by atoms with Crippen molar-refractivity contribution in [2.24, 2.45) is 0 Å². The molecule has 4 rings (SSSR count). The Morgan fingerprint density at radius 3 is 2.42 bits per heavy atom. The number of likely N-dealkylation sites (tertiary alicyclic amines) is 1. The van der Waals surface area contributed by atoms with Crippen LogP contribution in [0.15, 0.2) is 53.3 Å². The van der Waals surface area contributed by atoms with Crippen molar-refractivity contribution in [1.29, 1.82) is 0 Å². The molecular formula is C27H33N3O3. The quantitative estimate of drug-likeness (QED) is 0.508. The lowest BCUT2D eigenvalue weighted by molar-refractivity contribution is 0.112. The van der Waals surface area contributed by atoms with Crippen molar-refractivity contribution < 1.29 is 9.53 Å². The fraction of sp³-hybridized carbons (Fsp3) is 0.407. The second kappa shape index (κ2) is 10.8. The lowest BCUT2D eigenvalue weighted by Gasteiger charge is -2.32. The van der Waals surface area contributed by atoms with Crippen LogP contribution in [0.2, 0.25) is 0 Å². The van der Waals surface area contributed by atoms with Crippen molar-refractivity contribution in [3.63, 3.8) is 0 Å². The number of hydrogen-bond acceptors (Lipinski definition) is 5. The van der Waals surface area contributed by atoms with Gasteiger partial charge in [-0.05, 0) is 55.6 Å². The van der Waals surface area contributed by atoms with Gasteiger partial charge in [0.1, 0.15) is 5.75 Å². The van der Waals surface area contributed by atoms with Gasteiger partial charge in [0.05, 0.1) is 12.6 Å². The average molecular weight is 448 g/mol. The fourth-order valence-electron chi connectivity index (χ4n) is 4.60. The second-order valence-electron chi connectivity index (χ2n) is 8.76. The van der Waals surface area contributed by atoms with E-state index in [2.05, 4.69) is 41.4 Å². The monoisotopic (exact) mass is 447 g/mol. The molecule has 1 aliphatic heterocycles. The Kier molecular flexibility index (Phi) is 7.57. The van der Waals surface area contributed by atoms with Crippen LogP contribution in [-0.4, -0.2) is 48.5 Å². The predicted molar refractivity (Wildman–Crippen MR) is 132 cm³/mol. The molecule has 0 saturated carbocycles. The number of ether oxygens (including phenoxy) is 1. The molecule has 0 spiro atoms. The molecule has 3 aromatic rings. The van der Waals surface area contributed by atoms with E-state index in [0.717, 1.165) is 62.6 Å². The van der Waals surface area contributed by atoms with Gasteiger partial charge in [-0.1, -0.05) is 31.2 Å². The Labute approximate surface area is 195 Å². The van der Waals surface area contributed by atoms with Gasteiger partial charge in [0, 0.05) is 48.8 Å². The Hall–Kier alpha value is -2.96. The maximum absolute atomic E-state index is 12.7. The first-order valence-electron chi connectivity index (χ1n) is 11.8. The van der Waals surface area contributed by atoms with E-state index < -0.39 is 0 Å². The van der Waals surface area contributed by atoms with Crippen molar-refractivity contribution in [3.8, 4) is 5.75 Å². The summed E-state index contributed by atoms with van der Waals surface area (Å²) in [5.74, 6) is 0.676. The minimum atomic E-state index is -0.150. The lowest BCUT2D eigenvalue weighted by atomic mass is 10.0. The average Bonchev–Trinajstić information content (AvgIpc) is 2.87. The lowest BCUT2D eigenvalue weighted by Crippen LogP contribution is -2.43. The molecule has 0 aliphatic carbocycles. The summed E-state index contributed by atoms with van der Waals surface area (Å²) in [6.45, 7) is 6.49. The number of aryl methyl sites for hydroxylation is 1. The third-order valence-corrected chi connectivity index (χ3v) is 6.73. The SMILES string of the molecule is CCc1ccc(CNC2CCN(CCn3c(=O)cc(C=O)c4ccc(OC)cc43)CC2)cc1. The standard InChI is InChI=1S/C27H33N3O3/c1-3-20-4-6-21(7-5-20)18-28-23-10-12-29(13-11-23)14-15-30-26-17-24(33-2)8-9-25(26)22(19-31)16-27(30)32/h4-9,16-17,19,23,28H,3,10-15,18H2,1-2H3. The number of aromatic nitrogens is 1. The first kappa shape index (κ1) is 23.2. The molecular weight excluding hydrogens is 414 g/mol. The zero-order valence-electron chi connectivity index (χ0n) is 19.5. The Bertz CT molecular complexity index is 1150. The first-order chi connectivity index (χ1) is 16.1. The third kappa shape index (κ3) is 5.52. The smallest absolute Gasteiger partial charge is 0.251 e. The van der Waals surface area contributed by atoms with E-state index in [1.54, 1.807) is 11.7 Å². The number of aldehydes is 1. The van der Waals surface area contributed by atoms with Crippen LogP contribution in [0.4, 0.5) is 0 Å². The Balaban J connectivity index is 1.34. The van der Waals surface area contributed by atoms with E-state index in [9.17, 15) is 9.59 Å². The maximum Gasteiger partial charge on any atom is 0.251 e. The van der Waals surface area contributed by atoms with Crippen molar-refractivity contribution in [3.05, 3.63) is 75.6 Å². The number of methoxy groups -OCH3 is 1. The zero-order chi connectivity index (χ0) is 23.2. The van der Waals surface area contributed by atoms with Crippen LogP contribution >= 0.6 is 0 Å². The highest BCUT2D eigenvalue weighted by Crippen LogP contribution is 2.22. The number of nitrogens with one attached hydrogen (secondary N) is 1. The van der Waals surface area contributed by atoms with E-state index in [1.165, 1.54) is 17.2 Å². The number of benzene rings is 2. The summed E-state index contributed by atoms with van der Waals surface area (Å²) in [5, 5.41) is 4.48. The molecule has 6 nitrogen and oxygen atoms in total. The molecule has 2 heterocycles. The normalized spacial score (nSPS) is 15.1. The van der Waals surface area contributed by atoms with Crippen LogP contribution in [0.5, 0.6) is 5.75 Å². The number of fused-ring (bicyclic) bond motifs is 1. The van der Waals surface area contributed by atoms with Gasteiger partial charge in [-0.3, -0.25) is 9.59 Å². The molecule has 174 valence electrons. The number of carbonyl (C=O) groups is 1. The number of hydrogen-bond donors (Lipinski definition) is 1. The summed E-state index contributed by atoms with van der Waals surface area (Å²) < 4.78 is 7.10. The predicted octanol–water partition coefficient (Wildman–Crippen LogP) is 3.64. The third-order valence-electron chi connectivity index (χ3n) is 6.73. The van der Waals surface area contributed by atoms with Crippen LogP contribution in [0.25, 0.3) is 10.9 Å². The Morgan fingerprint density at radius 1 is 1.03 bits per heavy atom. The van der Waals surface area contributed by atoms with E-state index in [0.29, 0.717) is 23.9 Å². The van der Waals surface area contributed by atoms with Gasteiger partial charge in [0.25, 0.3) is 5.56 Å². The number of rotatable bonds is 9. The van der Waals surface area contributed by atoms with Gasteiger partial charge in [0.2, 0.25) is 0 Å². The zero-order valence-corrected chi connectivity index (χ0v) is 19.5. The first-order valence-corrected chi connectivity index (χ1v) is 11.8. The van der Waals surface area contributed by atoms with Gasteiger partial charge in [-0.25, -0.2) is 0 Å². The number of nitrogens with zero attached hydrogens (tertiary/aromatic N) is 2. The van der Waals surface area contributed by atoms with Crippen molar-refractivity contribution in [2.75, 3.05) is 26.7 Å². The molecule has 0 radical (unpaired) electrons. The van der Waals surface area contributed by atoms with Crippen LogP contribution in [0.3, 0.4) is 0 Å². The maximum atomic E-state index is 12.7. The van der Waals surface area contributed by atoms with Crippen LogP contribution < -0.4 is 15.6 Å². The van der Waals surface area contributed by atoms with Crippen molar-refractivity contribution in [1.82, 2.24) is 14.8 Å². The molecule has 0 unspecified atom stereocenters. The highest BCUT2D eigenvalue weighted by molar-refractivity contribution is 5.96. The fourth-order valence-corrected chi connectivity index (χ4v) is 4.60. The molecule has 0 atom stereocenters. The molecule has 1 fully saturated rings. The minimum absolute atomic E-state index is 0.150. The molecule has 0 amide bonds.